The molecule has 116 valence electrons. The Bertz CT molecular complexity index is 831. The van der Waals surface area contributed by atoms with E-state index >= 15 is 0 Å². The fraction of sp³-hybridized carbons (Fsp3) is 0.150. The smallest absolute Gasteiger partial charge is 0.133 e. The third kappa shape index (κ3) is 3.88. The second-order valence-electron chi connectivity index (χ2n) is 5.56. The van der Waals surface area contributed by atoms with Gasteiger partial charge in [-0.3, -0.25) is 5.41 Å². The molecule has 0 aliphatic heterocycles. The van der Waals surface area contributed by atoms with Crippen molar-refractivity contribution in [2.45, 2.75) is 19.3 Å². The number of thiophene rings is 1. The van der Waals surface area contributed by atoms with Crippen LogP contribution in [0.25, 0.3) is 16.2 Å². The molecule has 1 heterocycles. The number of amidine groups is 1. The first-order valence-electron chi connectivity index (χ1n) is 7.81. The summed E-state index contributed by atoms with van der Waals surface area (Å²) in [5.74, 6) is 0.143. The lowest BCUT2D eigenvalue weighted by atomic mass is 10.1. The van der Waals surface area contributed by atoms with Gasteiger partial charge in [0, 0.05) is 10.1 Å². The van der Waals surface area contributed by atoms with Crippen LogP contribution in [0.2, 0.25) is 0 Å². The van der Waals surface area contributed by atoms with E-state index in [1.165, 1.54) is 21.2 Å². The van der Waals surface area contributed by atoms with Crippen molar-refractivity contribution in [2.75, 3.05) is 0 Å². The third-order valence-electron chi connectivity index (χ3n) is 3.84. The molecule has 0 unspecified atom stereocenters. The number of hydrogen-bond acceptors (Lipinski definition) is 2. The highest BCUT2D eigenvalue weighted by atomic mass is 32.1. The maximum atomic E-state index is 7.58. The zero-order chi connectivity index (χ0) is 16.1. The van der Waals surface area contributed by atoms with E-state index < -0.39 is 0 Å². The van der Waals surface area contributed by atoms with Crippen LogP contribution in [-0.2, 0) is 6.42 Å². The van der Waals surface area contributed by atoms with Crippen LogP contribution >= 0.6 is 11.3 Å². The summed E-state index contributed by atoms with van der Waals surface area (Å²) in [5, 5.41) is 8.77. The Morgan fingerprint density at radius 2 is 1.91 bits per heavy atom. The van der Waals surface area contributed by atoms with E-state index in [0.717, 1.165) is 24.1 Å². The van der Waals surface area contributed by atoms with Gasteiger partial charge >= 0.3 is 0 Å². The molecular formula is C20H20N2S. The van der Waals surface area contributed by atoms with Crippen LogP contribution in [0.15, 0.2) is 60.7 Å². The van der Waals surface area contributed by atoms with Gasteiger partial charge in [-0.05, 0) is 42.5 Å². The summed E-state index contributed by atoms with van der Waals surface area (Å²) in [6.07, 6.45) is 7.75. The zero-order valence-corrected chi connectivity index (χ0v) is 13.8. The number of fused-ring (bicyclic) bond motifs is 1. The second-order valence-corrected chi connectivity index (χ2v) is 6.65. The largest absolute Gasteiger partial charge is 0.383 e. The summed E-state index contributed by atoms with van der Waals surface area (Å²) in [5.41, 5.74) is 8.19. The van der Waals surface area contributed by atoms with Crippen molar-refractivity contribution in [1.82, 2.24) is 0 Å². The molecule has 3 aromatic rings. The van der Waals surface area contributed by atoms with Gasteiger partial charge in [0.15, 0.2) is 0 Å². The van der Waals surface area contributed by atoms with Crippen LogP contribution in [0.4, 0.5) is 0 Å². The normalized spacial score (nSPS) is 11.3. The number of unbranched alkanes of at least 4 members (excludes halogenated alkanes) is 1. The quantitative estimate of drug-likeness (QED) is 0.365. The maximum absolute atomic E-state index is 7.58. The Hall–Kier alpha value is -2.39. The fourth-order valence-electron chi connectivity index (χ4n) is 2.64. The van der Waals surface area contributed by atoms with Gasteiger partial charge in [0.2, 0.25) is 0 Å². The van der Waals surface area contributed by atoms with Crippen molar-refractivity contribution in [1.29, 1.82) is 5.41 Å². The van der Waals surface area contributed by atoms with Crippen molar-refractivity contribution in [3.63, 3.8) is 0 Å². The van der Waals surface area contributed by atoms with Crippen LogP contribution < -0.4 is 5.73 Å². The maximum Gasteiger partial charge on any atom is 0.133 e. The molecule has 0 saturated heterocycles. The van der Waals surface area contributed by atoms with Gasteiger partial charge in [-0.15, -0.1) is 11.3 Å². The van der Waals surface area contributed by atoms with E-state index in [1.807, 2.05) is 6.07 Å². The van der Waals surface area contributed by atoms with E-state index in [2.05, 4.69) is 60.7 Å². The minimum atomic E-state index is 0.143. The summed E-state index contributed by atoms with van der Waals surface area (Å²) in [6, 6.07) is 18.9. The summed E-state index contributed by atoms with van der Waals surface area (Å²) in [6.45, 7) is 0. The molecular weight excluding hydrogens is 300 g/mol. The van der Waals surface area contributed by atoms with Crippen LogP contribution in [0.1, 0.15) is 28.8 Å². The molecule has 2 aromatic carbocycles. The van der Waals surface area contributed by atoms with Gasteiger partial charge in [-0.1, -0.05) is 54.6 Å². The summed E-state index contributed by atoms with van der Waals surface area (Å²) >= 11 is 1.58. The Labute approximate surface area is 140 Å². The predicted molar refractivity (Wildman–Crippen MR) is 101 cm³/mol. The summed E-state index contributed by atoms with van der Waals surface area (Å²) in [4.78, 5) is 0.838. The van der Waals surface area contributed by atoms with Gasteiger partial charge in [0.25, 0.3) is 0 Å². The van der Waals surface area contributed by atoms with E-state index in [0.29, 0.717) is 0 Å². The minimum Gasteiger partial charge on any atom is -0.383 e. The highest BCUT2D eigenvalue weighted by Crippen LogP contribution is 2.29. The average molecular weight is 320 g/mol. The first-order valence-corrected chi connectivity index (χ1v) is 8.63. The zero-order valence-electron chi connectivity index (χ0n) is 13.0. The number of nitrogens with two attached hydrogens (primary N) is 1. The number of nitrogen functional groups attached to an aromatic ring is 1. The monoisotopic (exact) mass is 320 g/mol. The van der Waals surface area contributed by atoms with Gasteiger partial charge in [0.05, 0.1) is 4.88 Å². The summed E-state index contributed by atoms with van der Waals surface area (Å²) in [7, 11) is 0. The lowest BCUT2D eigenvalue weighted by molar-refractivity contribution is 0.845. The molecule has 0 radical (unpaired) electrons. The molecule has 0 fully saturated rings. The van der Waals surface area contributed by atoms with Crippen LogP contribution in [-0.4, -0.2) is 5.84 Å². The molecule has 1 aromatic heterocycles. The number of allylic oxidation sites excluding steroid dienone is 1. The molecule has 0 aliphatic rings. The second kappa shape index (κ2) is 7.25. The van der Waals surface area contributed by atoms with Gasteiger partial charge in [-0.2, -0.15) is 0 Å². The van der Waals surface area contributed by atoms with Crippen molar-refractivity contribution < 1.29 is 0 Å². The third-order valence-corrected chi connectivity index (χ3v) is 4.97. The molecule has 3 heteroatoms. The first-order chi connectivity index (χ1) is 11.2. The standard InChI is InChI=1S/C20H20N2S/c21-20(22)19-14-17-16(12-7-13-18(17)23-19)11-6-2-5-10-15-8-3-1-4-9-15/h1,3-4,6-9,11-14H,2,5,10H2,(H3,21,22)/b11-6+. The SMILES string of the molecule is N=C(N)c1cc2c(/C=C/CCCc3ccccc3)cccc2s1. The Balaban J connectivity index is 1.65. The molecule has 3 rings (SSSR count). The number of rotatable bonds is 6. The topological polar surface area (TPSA) is 49.9 Å². The van der Waals surface area contributed by atoms with Crippen molar-refractivity contribution in [3.8, 4) is 0 Å². The van der Waals surface area contributed by atoms with Crippen molar-refractivity contribution >= 4 is 33.3 Å². The Morgan fingerprint density at radius 1 is 1.09 bits per heavy atom. The number of hydrogen-bond donors (Lipinski definition) is 2. The highest BCUT2D eigenvalue weighted by Gasteiger charge is 2.06. The molecule has 0 atom stereocenters. The molecule has 23 heavy (non-hydrogen) atoms. The number of aryl methyl sites for hydroxylation is 1. The van der Waals surface area contributed by atoms with Crippen LogP contribution in [0.3, 0.4) is 0 Å². The minimum absolute atomic E-state index is 0.143. The first kappa shape index (κ1) is 15.5. The van der Waals surface area contributed by atoms with Crippen molar-refractivity contribution in [3.05, 3.63) is 76.7 Å². The van der Waals surface area contributed by atoms with E-state index in [-0.39, 0.29) is 5.84 Å². The summed E-state index contributed by atoms with van der Waals surface area (Å²) < 4.78 is 1.18. The van der Waals surface area contributed by atoms with Crippen molar-refractivity contribution in [2.24, 2.45) is 5.73 Å². The molecule has 2 nitrogen and oxygen atoms in total. The molecule has 0 saturated carbocycles. The van der Waals surface area contributed by atoms with Gasteiger partial charge in [-0.25, -0.2) is 0 Å². The van der Waals surface area contributed by atoms with Gasteiger partial charge < -0.3 is 5.73 Å². The lowest BCUT2D eigenvalue weighted by Gasteiger charge is -1.99. The average Bonchev–Trinajstić information content (AvgIpc) is 3.01. The molecule has 0 aliphatic carbocycles. The fourth-order valence-corrected chi connectivity index (χ4v) is 3.60. The number of benzene rings is 2. The van der Waals surface area contributed by atoms with Crippen LogP contribution in [0.5, 0.6) is 0 Å². The molecule has 0 amide bonds. The van der Waals surface area contributed by atoms with Crippen LogP contribution in [0, 0.1) is 5.41 Å². The highest BCUT2D eigenvalue weighted by molar-refractivity contribution is 7.20. The lowest BCUT2D eigenvalue weighted by Crippen LogP contribution is -2.08. The molecule has 0 bridgehead atoms. The van der Waals surface area contributed by atoms with Gasteiger partial charge in [0.1, 0.15) is 5.84 Å². The molecule has 0 spiro atoms. The van der Waals surface area contributed by atoms with E-state index in [4.69, 9.17) is 11.1 Å². The predicted octanol–water partition coefficient (Wildman–Crippen LogP) is 5.22. The van der Waals surface area contributed by atoms with E-state index in [1.54, 1.807) is 11.3 Å². The Kier molecular flexibility index (Phi) is 4.89. The Morgan fingerprint density at radius 3 is 2.70 bits per heavy atom. The van der Waals surface area contributed by atoms with E-state index in [9.17, 15) is 0 Å². The number of nitrogens with one attached hydrogen (secondary N) is 1. The molecule has 3 N–H and O–H groups in total.